The first-order valence-corrected chi connectivity index (χ1v) is 5.47. The molecule has 0 bridgehead atoms. The van der Waals surface area contributed by atoms with Gasteiger partial charge in [-0.25, -0.2) is 0 Å². The molecular formula is C11H17NO6. The van der Waals surface area contributed by atoms with E-state index in [2.05, 4.69) is 11.9 Å². The van der Waals surface area contributed by atoms with E-state index in [0.717, 1.165) is 0 Å². The van der Waals surface area contributed by atoms with Crippen LogP contribution in [0.4, 0.5) is 0 Å². The van der Waals surface area contributed by atoms with Gasteiger partial charge in [-0.15, -0.1) is 6.58 Å². The van der Waals surface area contributed by atoms with Crippen molar-refractivity contribution in [1.29, 1.82) is 0 Å². The molecule has 1 saturated heterocycles. The molecule has 1 amide bonds. The highest BCUT2D eigenvalue weighted by atomic mass is 16.7. The van der Waals surface area contributed by atoms with Crippen LogP contribution in [0.2, 0.25) is 0 Å². The molecule has 0 aromatic heterocycles. The van der Waals surface area contributed by atoms with E-state index in [0.29, 0.717) is 6.29 Å². The molecule has 18 heavy (non-hydrogen) atoms. The number of carbonyl (C=O) groups is 2. The summed E-state index contributed by atoms with van der Waals surface area (Å²) in [6, 6.07) is -0.950. The second-order valence-corrected chi connectivity index (χ2v) is 3.93. The van der Waals surface area contributed by atoms with Crippen LogP contribution in [0.25, 0.3) is 0 Å². The van der Waals surface area contributed by atoms with Crippen LogP contribution in [0.15, 0.2) is 12.7 Å². The van der Waals surface area contributed by atoms with Gasteiger partial charge in [0.2, 0.25) is 5.91 Å². The fourth-order valence-electron chi connectivity index (χ4n) is 1.69. The SMILES string of the molecule is C=CCO[C@H]1O[C@H](C=O)[C@@H](O)[C@H](O)[C@@H]1NC(C)=O. The van der Waals surface area contributed by atoms with E-state index < -0.39 is 36.6 Å². The molecule has 0 aliphatic carbocycles. The largest absolute Gasteiger partial charge is 0.388 e. The predicted molar refractivity (Wildman–Crippen MR) is 60.5 cm³/mol. The Balaban J connectivity index is 2.82. The first-order chi connectivity index (χ1) is 8.51. The molecule has 7 nitrogen and oxygen atoms in total. The number of hydrogen-bond donors (Lipinski definition) is 3. The maximum Gasteiger partial charge on any atom is 0.217 e. The van der Waals surface area contributed by atoms with Gasteiger partial charge in [-0.2, -0.15) is 0 Å². The molecule has 1 heterocycles. The molecule has 0 aromatic rings. The maximum atomic E-state index is 11.0. The molecule has 3 N–H and O–H groups in total. The van der Waals surface area contributed by atoms with E-state index in [4.69, 9.17) is 9.47 Å². The van der Waals surface area contributed by atoms with E-state index in [-0.39, 0.29) is 6.61 Å². The van der Waals surface area contributed by atoms with Crippen molar-refractivity contribution >= 4 is 12.2 Å². The highest BCUT2D eigenvalue weighted by molar-refractivity contribution is 5.73. The van der Waals surface area contributed by atoms with Crippen molar-refractivity contribution in [3.63, 3.8) is 0 Å². The van der Waals surface area contributed by atoms with Crippen LogP contribution < -0.4 is 5.32 Å². The number of ether oxygens (including phenoxy) is 2. The Hall–Kier alpha value is -1.28. The first-order valence-electron chi connectivity index (χ1n) is 5.47. The highest BCUT2D eigenvalue weighted by Gasteiger charge is 2.45. The van der Waals surface area contributed by atoms with E-state index in [1.54, 1.807) is 0 Å². The molecule has 5 atom stereocenters. The number of hydrogen-bond acceptors (Lipinski definition) is 6. The maximum absolute atomic E-state index is 11.0. The number of aliphatic hydroxyl groups is 2. The molecule has 0 unspecified atom stereocenters. The summed E-state index contributed by atoms with van der Waals surface area (Å²) in [4.78, 5) is 21.7. The van der Waals surface area contributed by atoms with Crippen LogP contribution in [0.5, 0.6) is 0 Å². The van der Waals surface area contributed by atoms with Crippen LogP contribution in [-0.2, 0) is 19.1 Å². The molecule has 0 radical (unpaired) electrons. The van der Waals surface area contributed by atoms with E-state index in [1.165, 1.54) is 13.0 Å². The minimum Gasteiger partial charge on any atom is -0.388 e. The van der Waals surface area contributed by atoms with Crippen LogP contribution >= 0.6 is 0 Å². The number of aldehydes is 1. The van der Waals surface area contributed by atoms with E-state index in [1.807, 2.05) is 0 Å². The third-order valence-electron chi connectivity index (χ3n) is 2.52. The van der Waals surface area contributed by atoms with Crippen LogP contribution in [-0.4, -0.2) is 59.7 Å². The molecule has 1 aliphatic heterocycles. The Morgan fingerprint density at radius 3 is 2.67 bits per heavy atom. The zero-order valence-electron chi connectivity index (χ0n) is 9.98. The average Bonchev–Trinajstić information content (AvgIpc) is 2.33. The van der Waals surface area contributed by atoms with Crippen LogP contribution in [0, 0.1) is 0 Å². The minimum absolute atomic E-state index is 0.120. The van der Waals surface area contributed by atoms with Gasteiger partial charge in [0.1, 0.15) is 24.4 Å². The van der Waals surface area contributed by atoms with Crippen molar-refractivity contribution in [2.24, 2.45) is 0 Å². The average molecular weight is 259 g/mol. The lowest BCUT2D eigenvalue weighted by molar-refractivity contribution is -0.252. The number of rotatable bonds is 5. The van der Waals surface area contributed by atoms with Gasteiger partial charge in [0.05, 0.1) is 6.61 Å². The van der Waals surface area contributed by atoms with Crippen molar-refractivity contribution in [3.05, 3.63) is 12.7 Å². The lowest BCUT2D eigenvalue weighted by Crippen LogP contribution is -2.64. The highest BCUT2D eigenvalue weighted by Crippen LogP contribution is 2.21. The summed E-state index contributed by atoms with van der Waals surface area (Å²) in [6.07, 6.45) is -3.15. The number of carbonyl (C=O) groups excluding carboxylic acids is 2. The summed E-state index contributed by atoms with van der Waals surface area (Å²) in [5.41, 5.74) is 0. The van der Waals surface area contributed by atoms with Crippen molar-refractivity contribution < 1.29 is 29.3 Å². The zero-order valence-corrected chi connectivity index (χ0v) is 9.98. The Morgan fingerprint density at radius 1 is 1.50 bits per heavy atom. The third kappa shape index (κ3) is 3.36. The molecule has 0 saturated carbocycles. The second-order valence-electron chi connectivity index (χ2n) is 3.93. The summed E-state index contributed by atoms with van der Waals surface area (Å²) >= 11 is 0. The van der Waals surface area contributed by atoms with Gasteiger partial charge >= 0.3 is 0 Å². The topological polar surface area (TPSA) is 105 Å². The summed E-state index contributed by atoms with van der Waals surface area (Å²) < 4.78 is 10.4. The predicted octanol–water partition coefficient (Wildman–Crippen LogP) is -1.66. The van der Waals surface area contributed by atoms with Crippen molar-refractivity contribution in [3.8, 4) is 0 Å². The second kappa shape index (κ2) is 6.60. The third-order valence-corrected chi connectivity index (χ3v) is 2.52. The van der Waals surface area contributed by atoms with Gasteiger partial charge in [-0.05, 0) is 0 Å². The van der Waals surface area contributed by atoms with Crippen molar-refractivity contribution in [2.45, 2.75) is 37.6 Å². The molecule has 1 fully saturated rings. The lowest BCUT2D eigenvalue weighted by Gasteiger charge is -2.40. The van der Waals surface area contributed by atoms with E-state index >= 15 is 0 Å². The molecule has 1 aliphatic rings. The number of nitrogens with one attached hydrogen (secondary N) is 1. The summed E-state index contributed by atoms with van der Waals surface area (Å²) in [5, 5.41) is 21.9. The fraction of sp³-hybridized carbons (Fsp3) is 0.636. The van der Waals surface area contributed by atoms with Gasteiger partial charge in [-0.1, -0.05) is 6.08 Å². The van der Waals surface area contributed by atoms with Gasteiger partial charge < -0.3 is 29.8 Å². The standard InChI is InChI=1S/C11H17NO6/c1-3-4-17-11-8(12-6(2)14)10(16)9(15)7(5-13)18-11/h3,5,7-11,15-16H,1,4H2,2H3,(H,12,14)/t7-,8+,9-,10-,11+/m1/s1. The Labute approximate surface area is 104 Å². The molecule has 0 aromatic carbocycles. The summed E-state index contributed by atoms with van der Waals surface area (Å²) in [6.45, 7) is 4.83. The monoisotopic (exact) mass is 259 g/mol. The van der Waals surface area contributed by atoms with Crippen LogP contribution in [0.3, 0.4) is 0 Å². The van der Waals surface area contributed by atoms with Gasteiger partial charge in [0.15, 0.2) is 12.6 Å². The quantitative estimate of drug-likeness (QED) is 0.403. The smallest absolute Gasteiger partial charge is 0.217 e. The van der Waals surface area contributed by atoms with Gasteiger partial charge in [0.25, 0.3) is 0 Å². The molecule has 102 valence electrons. The summed E-state index contributed by atoms with van der Waals surface area (Å²) in [5.74, 6) is -0.411. The normalized spacial score (nSPS) is 35.8. The molecule has 7 heteroatoms. The Morgan fingerprint density at radius 2 is 2.17 bits per heavy atom. The van der Waals surface area contributed by atoms with Gasteiger partial charge in [0, 0.05) is 6.92 Å². The van der Waals surface area contributed by atoms with Crippen molar-refractivity contribution in [1.82, 2.24) is 5.32 Å². The Bertz CT molecular complexity index is 321. The molecule has 0 spiro atoms. The fourth-order valence-corrected chi connectivity index (χ4v) is 1.69. The van der Waals surface area contributed by atoms with E-state index in [9.17, 15) is 19.8 Å². The van der Waals surface area contributed by atoms with Gasteiger partial charge in [-0.3, -0.25) is 4.79 Å². The summed E-state index contributed by atoms with van der Waals surface area (Å²) in [7, 11) is 0. The lowest BCUT2D eigenvalue weighted by atomic mass is 9.97. The Kier molecular flexibility index (Phi) is 5.42. The van der Waals surface area contributed by atoms with Crippen LogP contribution in [0.1, 0.15) is 6.92 Å². The zero-order chi connectivity index (χ0) is 13.7. The number of aliphatic hydroxyl groups excluding tert-OH is 2. The number of amides is 1. The van der Waals surface area contributed by atoms with Crippen molar-refractivity contribution in [2.75, 3.05) is 6.61 Å². The first kappa shape index (κ1) is 14.8. The minimum atomic E-state index is -1.41. The molecular weight excluding hydrogens is 242 g/mol. The molecule has 1 rings (SSSR count).